The number of hydrogen-bond acceptors (Lipinski definition) is 21. The third kappa shape index (κ3) is 16.7. The van der Waals surface area contributed by atoms with Crippen LogP contribution in [0.15, 0.2) is 0 Å². The highest BCUT2D eigenvalue weighted by atomic mass is 32.3. The Balaban J connectivity index is 1.40. The lowest BCUT2D eigenvalue weighted by atomic mass is 9.74. The minimum absolute atomic E-state index is 0.0835. The number of carbonyl (C=O) groups excluding carboxylic acids is 4. The maximum Gasteiger partial charge on any atom is 0.398 e. The van der Waals surface area contributed by atoms with E-state index in [2.05, 4.69) is 19.0 Å². The molecule has 2 aliphatic carbocycles. The van der Waals surface area contributed by atoms with Crippen LogP contribution in [-0.2, 0) is 76.8 Å². The number of Topliss-reactive ketones (excluding diaryl/α,β-unsaturated/α-hetero) is 1. The van der Waals surface area contributed by atoms with Crippen LogP contribution in [0.2, 0.25) is 0 Å². The van der Waals surface area contributed by atoms with Gasteiger partial charge in [-0.1, -0.05) is 45.4 Å². The third-order valence-electron chi connectivity index (χ3n) is 13.9. The van der Waals surface area contributed by atoms with Gasteiger partial charge in [0.25, 0.3) is 11.8 Å². The first-order valence-electron chi connectivity index (χ1n) is 24.2. The molecule has 17 atom stereocenters. The summed E-state index contributed by atoms with van der Waals surface area (Å²) < 4.78 is 110. The Morgan fingerprint density at radius 3 is 2.08 bits per heavy atom. The molecule has 6 unspecified atom stereocenters. The molecule has 3 aliphatic heterocycles. The predicted molar refractivity (Wildman–Crippen MR) is 241 cm³/mol. The number of hydrogen-bond donors (Lipinski definition) is 9. The van der Waals surface area contributed by atoms with Crippen molar-refractivity contribution < 1.29 is 107 Å². The quantitative estimate of drug-likeness (QED) is 0.0354. The second kappa shape index (κ2) is 26.7. The fourth-order valence-electron chi connectivity index (χ4n) is 10.0. The second-order valence-corrected chi connectivity index (χ2v) is 21.2. The van der Waals surface area contributed by atoms with E-state index >= 15 is 0 Å². The first-order valence-corrected chi connectivity index (χ1v) is 26.9. The lowest BCUT2D eigenvalue weighted by molar-refractivity contribution is -0.338. The molecule has 5 rings (SSSR count). The molecule has 2 saturated carbocycles. The Kier molecular flexibility index (Phi) is 22.3. The summed E-state index contributed by atoms with van der Waals surface area (Å²) in [6.07, 6.45) is -14.9. The molecule has 9 N–H and O–H groups in total. The first kappa shape index (κ1) is 59.3. The van der Waals surface area contributed by atoms with Crippen LogP contribution < -0.4 is 10.6 Å². The largest absolute Gasteiger partial charge is 0.398 e. The molecule has 28 heteroatoms. The van der Waals surface area contributed by atoms with Gasteiger partial charge in [-0.05, 0) is 50.9 Å². The standard InChI is InChI=1S/C43H73N3O23S2/c1-5-25-18-26(27(49)13-9-14-44-40(54)38(69-71(59,60)61)31(21-62-4)68-70(56,57)58)19-28(37(25)67-43-36(53)35(52)33(50)22(2)63-43)65-42-32(45-23(3)48)39(34(51)30(20-47)66-42)64-29(41(55)46-15-10-16-46)17-24-11-7-6-8-12-24/h22,24-26,28-39,42-43,47,50-53H,5-21H2,1-4H3,(H,44,54)(H,45,48)(H,56,57,58)(H,59,60,61)/t22?,25?,26?,28-,29+,30+,31+,32?,33-,34+,35+,36?,37-,38-,39?,42-,43+/m1/s1. The highest BCUT2D eigenvalue weighted by molar-refractivity contribution is 7.81. The van der Waals surface area contributed by atoms with E-state index in [1.54, 1.807) is 11.8 Å². The Bertz CT molecular complexity index is 1980. The van der Waals surface area contributed by atoms with E-state index < -0.39 is 150 Å². The molecule has 26 nitrogen and oxygen atoms in total. The monoisotopic (exact) mass is 1060 g/mol. The Morgan fingerprint density at radius 2 is 1.51 bits per heavy atom. The predicted octanol–water partition coefficient (Wildman–Crippen LogP) is -1.95. The fourth-order valence-corrected chi connectivity index (χ4v) is 11.0. The summed E-state index contributed by atoms with van der Waals surface area (Å²) in [6, 6.07) is -1.32. The summed E-state index contributed by atoms with van der Waals surface area (Å²) in [5, 5.41) is 59.5. The molecular formula is C43H73N3O23S2. The van der Waals surface area contributed by atoms with Crippen LogP contribution in [0, 0.1) is 17.8 Å². The average molecular weight is 1060 g/mol. The number of nitrogens with one attached hydrogen (secondary N) is 2. The van der Waals surface area contributed by atoms with E-state index in [1.165, 1.54) is 13.8 Å². The SMILES string of the molecule is CCC1CC(C(=O)CCCNC(=O)[C@H](OS(=O)(=O)O)[C@H](COC)OS(=O)(=O)O)C[C@@H](O[C@@H]2O[C@@H](CO)[C@H](O)C(O[C@@H](CC3CCCCC3)C(=O)N3CCC3)C2NC(C)=O)[C@@H]1O[C@@H]1OC(C)[C@@H](O)[C@H](O)C1O. The smallest absolute Gasteiger partial charge is 0.394 e. The summed E-state index contributed by atoms with van der Waals surface area (Å²) >= 11 is 0. The molecule has 0 spiro atoms. The number of aliphatic hydroxyl groups excluding tert-OH is 5. The van der Waals surface area contributed by atoms with E-state index in [0.717, 1.165) is 45.6 Å². The zero-order valence-electron chi connectivity index (χ0n) is 40.3. The van der Waals surface area contributed by atoms with Crippen LogP contribution in [0.25, 0.3) is 0 Å². The summed E-state index contributed by atoms with van der Waals surface area (Å²) in [7, 11) is -9.66. The van der Waals surface area contributed by atoms with Gasteiger partial charge in [0, 0.05) is 46.0 Å². The van der Waals surface area contributed by atoms with Crippen molar-refractivity contribution in [3.8, 4) is 0 Å². The molecule has 3 saturated heterocycles. The van der Waals surface area contributed by atoms with Crippen molar-refractivity contribution in [3.05, 3.63) is 0 Å². The average Bonchev–Trinajstić information content (AvgIpc) is 3.28. The maximum atomic E-state index is 14.1. The van der Waals surface area contributed by atoms with Crippen LogP contribution in [0.3, 0.4) is 0 Å². The van der Waals surface area contributed by atoms with Gasteiger partial charge in [0.2, 0.25) is 5.91 Å². The summed E-state index contributed by atoms with van der Waals surface area (Å²) in [5.41, 5.74) is 0. The van der Waals surface area contributed by atoms with Crippen molar-refractivity contribution in [2.75, 3.05) is 40.0 Å². The highest BCUT2D eigenvalue weighted by Gasteiger charge is 2.53. The van der Waals surface area contributed by atoms with Gasteiger partial charge in [-0.15, -0.1) is 0 Å². The van der Waals surface area contributed by atoms with Crippen LogP contribution in [-0.4, -0.2) is 212 Å². The second-order valence-electron chi connectivity index (χ2n) is 19.1. The van der Waals surface area contributed by atoms with Gasteiger partial charge < -0.3 is 69.5 Å². The molecule has 3 heterocycles. The lowest BCUT2D eigenvalue weighted by Crippen LogP contribution is -2.67. The summed E-state index contributed by atoms with van der Waals surface area (Å²) in [6.45, 7) is 3.66. The molecule has 0 aromatic carbocycles. The minimum Gasteiger partial charge on any atom is -0.394 e. The topological polar surface area (TPSA) is 379 Å². The van der Waals surface area contributed by atoms with Gasteiger partial charge in [-0.3, -0.25) is 28.3 Å². The third-order valence-corrected chi connectivity index (χ3v) is 14.8. The zero-order valence-corrected chi connectivity index (χ0v) is 42.0. The van der Waals surface area contributed by atoms with Crippen molar-refractivity contribution in [1.29, 1.82) is 0 Å². The Morgan fingerprint density at radius 1 is 0.831 bits per heavy atom. The van der Waals surface area contributed by atoms with Crippen molar-refractivity contribution in [3.63, 3.8) is 0 Å². The minimum atomic E-state index is -5.40. The number of nitrogens with zero attached hydrogens (tertiary/aromatic N) is 1. The van der Waals surface area contributed by atoms with E-state index in [0.29, 0.717) is 25.9 Å². The zero-order chi connectivity index (χ0) is 52.4. The maximum absolute atomic E-state index is 14.1. The summed E-state index contributed by atoms with van der Waals surface area (Å²) in [5.74, 6) is -3.75. The molecule has 410 valence electrons. The van der Waals surface area contributed by atoms with Crippen molar-refractivity contribution in [2.24, 2.45) is 17.8 Å². The normalized spacial score (nSPS) is 34.4. The van der Waals surface area contributed by atoms with Crippen molar-refractivity contribution in [2.45, 2.75) is 190 Å². The van der Waals surface area contributed by atoms with Crippen LogP contribution in [0.4, 0.5) is 0 Å². The summed E-state index contributed by atoms with van der Waals surface area (Å²) in [4.78, 5) is 55.8. The van der Waals surface area contributed by atoms with Gasteiger partial charge in [-0.25, -0.2) is 8.37 Å². The number of ether oxygens (including phenoxy) is 6. The molecular weight excluding hydrogens is 991 g/mol. The number of rotatable bonds is 25. The number of methoxy groups -OCH3 is 1. The van der Waals surface area contributed by atoms with E-state index in [1.807, 2.05) is 0 Å². The number of likely N-dealkylation sites (tertiary alicyclic amines) is 1. The highest BCUT2D eigenvalue weighted by Crippen LogP contribution is 2.41. The molecule has 71 heavy (non-hydrogen) atoms. The van der Waals surface area contributed by atoms with Gasteiger partial charge in [0.1, 0.15) is 60.7 Å². The molecule has 5 fully saturated rings. The van der Waals surface area contributed by atoms with Gasteiger partial charge >= 0.3 is 20.8 Å². The number of amides is 3. The fraction of sp³-hybridized carbons (Fsp3) is 0.907. The number of aliphatic hydroxyl groups is 5. The van der Waals surface area contributed by atoms with Crippen LogP contribution in [0.1, 0.15) is 97.8 Å². The molecule has 0 aromatic rings. The first-order chi connectivity index (χ1) is 33.4. The van der Waals surface area contributed by atoms with Gasteiger partial charge in [-0.2, -0.15) is 16.8 Å². The molecule has 0 bridgehead atoms. The van der Waals surface area contributed by atoms with Crippen LogP contribution >= 0.6 is 0 Å². The molecule has 0 radical (unpaired) electrons. The Labute approximate surface area is 413 Å². The molecule has 0 aromatic heterocycles. The number of carbonyl (C=O) groups is 4. The Hall–Kier alpha value is -2.62. The van der Waals surface area contributed by atoms with Crippen molar-refractivity contribution >= 4 is 44.3 Å². The molecule has 5 aliphatic rings. The van der Waals surface area contributed by atoms with Gasteiger partial charge in [0.05, 0.1) is 31.5 Å². The van der Waals surface area contributed by atoms with E-state index in [-0.39, 0.29) is 49.8 Å². The number of ketones is 1. The van der Waals surface area contributed by atoms with Crippen molar-refractivity contribution in [1.82, 2.24) is 15.5 Å². The molecule has 3 amide bonds. The van der Waals surface area contributed by atoms with E-state index in [4.69, 9.17) is 28.4 Å². The lowest BCUT2D eigenvalue weighted by Gasteiger charge is -2.49. The van der Waals surface area contributed by atoms with E-state index in [9.17, 15) is 70.7 Å². The van der Waals surface area contributed by atoms with Gasteiger partial charge in [0.15, 0.2) is 18.7 Å². The van der Waals surface area contributed by atoms with Crippen LogP contribution in [0.5, 0.6) is 0 Å².